The van der Waals surface area contributed by atoms with Crippen molar-refractivity contribution in [2.75, 3.05) is 20.2 Å². The molecule has 3 heterocycles. The zero-order valence-electron chi connectivity index (χ0n) is 19.2. The Hall–Kier alpha value is -3.23. The number of ether oxygens (including phenoxy) is 1. The molecule has 0 saturated carbocycles. The van der Waals surface area contributed by atoms with Gasteiger partial charge in [-0.25, -0.2) is 0 Å². The second-order valence-electron chi connectivity index (χ2n) is 8.62. The molecule has 34 heavy (non-hydrogen) atoms. The Bertz CT molecular complexity index is 1230. The fourth-order valence-electron chi connectivity index (χ4n) is 4.61. The van der Waals surface area contributed by atoms with Crippen molar-refractivity contribution in [1.29, 1.82) is 0 Å². The highest BCUT2D eigenvalue weighted by molar-refractivity contribution is 6.30. The molecule has 1 atom stereocenters. The van der Waals surface area contributed by atoms with E-state index in [1.807, 2.05) is 54.0 Å². The molecule has 2 aliphatic rings. The SMILES string of the molecule is COc1ccc2c(c1)C(c1ccc(Cl)cc1)=NC(CC(=O)NC1CCNCC1)c1nnc(C)n1-2. The Morgan fingerprint density at radius 1 is 1.18 bits per heavy atom. The molecule has 5 rings (SSSR count). The third-order valence-electron chi connectivity index (χ3n) is 6.33. The number of benzene rings is 2. The molecule has 0 bridgehead atoms. The predicted octanol–water partition coefficient (Wildman–Crippen LogP) is 3.39. The number of fused-ring (bicyclic) bond motifs is 3. The average molecular weight is 479 g/mol. The highest BCUT2D eigenvalue weighted by Crippen LogP contribution is 2.34. The highest BCUT2D eigenvalue weighted by atomic mass is 35.5. The number of carbonyl (C=O) groups excluding carboxylic acids is 1. The molecule has 9 heteroatoms. The third kappa shape index (κ3) is 4.43. The number of aliphatic imine (C=N–C) groups is 1. The smallest absolute Gasteiger partial charge is 0.222 e. The summed E-state index contributed by atoms with van der Waals surface area (Å²) < 4.78 is 7.50. The lowest BCUT2D eigenvalue weighted by Crippen LogP contribution is -2.43. The molecule has 0 spiro atoms. The van der Waals surface area contributed by atoms with Crippen LogP contribution >= 0.6 is 11.6 Å². The highest BCUT2D eigenvalue weighted by Gasteiger charge is 2.30. The summed E-state index contributed by atoms with van der Waals surface area (Å²) in [6.07, 6.45) is 2.04. The molecule has 0 aliphatic carbocycles. The zero-order valence-corrected chi connectivity index (χ0v) is 20.0. The van der Waals surface area contributed by atoms with Gasteiger partial charge in [0.25, 0.3) is 0 Å². The summed E-state index contributed by atoms with van der Waals surface area (Å²) in [5, 5.41) is 15.9. The van der Waals surface area contributed by atoms with Crippen molar-refractivity contribution in [3.8, 4) is 11.4 Å². The third-order valence-corrected chi connectivity index (χ3v) is 6.59. The van der Waals surface area contributed by atoms with Crippen LogP contribution in [0.2, 0.25) is 5.02 Å². The summed E-state index contributed by atoms with van der Waals surface area (Å²) in [5.41, 5.74) is 3.44. The lowest BCUT2D eigenvalue weighted by atomic mass is 10.00. The number of carbonyl (C=O) groups is 1. The Labute approximate surface area is 203 Å². The van der Waals surface area contributed by atoms with Crippen LogP contribution in [0.25, 0.3) is 5.69 Å². The van der Waals surface area contributed by atoms with E-state index in [2.05, 4.69) is 20.8 Å². The number of nitrogens with zero attached hydrogens (tertiary/aromatic N) is 4. The average Bonchev–Trinajstić information content (AvgIpc) is 3.17. The number of amides is 1. The number of rotatable bonds is 5. The number of nitrogens with one attached hydrogen (secondary N) is 2. The van der Waals surface area contributed by atoms with Crippen molar-refractivity contribution in [1.82, 2.24) is 25.4 Å². The normalized spacial score (nSPS) is 17.9. The number of halogens is 1. The summed E-state index contributed by atoms with van der Waals surface area (Å²) in [4.78, 5) is 18.2. The van der Waals surface area contributed by atoms with Crippen LogP contribution in [0.15, 0.2) is 47.5 Å². The van der Waals surface area contributed by atoms with Gasteiger partial charge in [0.2, 0.25) is 5.91 Å². The van der Waals surface area contributed by atoms with Crippen molar-refractivity contribution in [2.24, 2.45) is 4.99 Å². The van der Waals surface area contributed by atoms with Crippen LogP contribution in [-0.2, 0) is 4.79 Å². The quantitative estimate of drug-likeness (QED) is 0.586. The first-order valence-corrected chi connectivity index (χ1v) is 11.9. The zero-order chi connectivity index (χ0) is 23.7. The van der Waals surface area contributed by atoms with Crippen LogP contribution in [0.5, 0.6) is 5.75 Å². The van der Waals surface area contributed by atoms with Gasteiger partial charge in [0, 0.05) is 22.2 Å². The van der Waals surface area contributed by atoms with E-state index >= 15 is 0 Å². The van der Waals surface area contributed by atoms with Crippen LogP contribution in [-0.4, -0.2) is 52.6 Å². The van der Waals surface area contributed by atoms with Crippen molar-refractivity contribution in [3.63, 3.8) is 0 Å². The minimum atomic E-state index is -0.494. The topological polar surface area (TPSA) is 93.4 Å². The van der Waals surface area contributed by atoms with Gasteiger partial charge in [-0.2, -0.15) is 0 Å². The van der Waals surface area contributed by atoms with E-state index in [0.29, 0.717) is 10.8 Å². The minimum absolute atomic E-state index is 0.0353. The van der Waals surface area contributed by atoms with Crippen molar-refractivity contribution in [3.05, 3.63) is 70.3 Å². The van der Waals surface area contributed by atoms with E-state index in [4.69, 9.17) is 21.3 Å². The minimum Gasteiger partial charge on any atom is -0.497 e. The Morgan fingerprint density at radius 2 is 1.94 bits per heavy atom. The fourth-order valence-corrected chi connectivity index (χ4v) is 4.73. The molecular weight excluding hydrogens is 452 g/mol. The van der Waals surface area contributed by atoms with E-state index < -0.39 is 6.04 Å². The maximum Gasteiger partial charge on any atom is 0.222 e. The summed E-state index contributed by atoms with van der Waals surface area (Å²) in [6.45, 7) is 3.74. The summed E-state index contributed by atoms with van der Waals surface area (Å²) in [5.74, 6) is 2.06. The summed E-state index contributed by atoms with van der Waals surface area (Å²) >= 11 is 6.16. The van der Waals surface area contributed by atoms with Crippen LogP contribution in [0.4, 0.5) is 0 Å². The summed E-state index contributed by atoms with van der Waals surface area (Å²) in [6, 6.07) is 13.1. The Balaban J connectivity index is 1.59. The number of hydrogen-bond acceptors (Lipinski definition) is 6. The van der Waals surface area contributed by atoms with Crippen molar-refractivity contribution < 1.29 is 9.53 Å². The molecule has 1 unspecified atom stereocenters. The molecule has 2 aliphatic heterocycles. The van der Waals surface area contributed by atoms with Gasteiger partial charge in [-0.3, -0.25) is 14.4 Å². The van der Waals surface area contributed by atoms with E-state index in [1.54, 1.807) is 7.11 Å². The van der Waals surface area contributed by atoms with E-state index in [9.17, 15) is 4.79 Å². The van der Waals surface area contributed by atoms with Gasteiger partial charge in [-0.1, -0.05) is 23.7 Å². The number of methoxy groups -OCH3 is 1. The second-order valence-corrected chi connectivity index (χ2v) is 9.06. The number of aryl methyl sites for hydroxylation is 1. The van der Waals surface area contributed by atoms with Gasteiger partial charge in [0.15, 0.2) is 5.82 Å². The number of piperidine rings is 1. The molecule has 2 N–H and O–H groups in total. The van der Waals surface area contributed by atoms with Gasteiger partial charge in [0.05, 0.1) is 24.9 Å². The van der Waals surface area contributed by atoms with Gasteiger partial charge >= 0.3 is 0 Å². The lowest BCUT2D eigenvalue weighted by molar-refractivity contribution is -0.122. The van der Waals surface area contributed by atoms with Crippen molar-refractivity contribution in [2.45, 2.75) is 38.3 Å². The first-order chi connectivity index (χ1) is 16.5. The Morgan fingerprint density at radius 3 is 2.68 bits per heavy atom. The predicted molar refractivity (Wildman–Crippen MR) is 131 cm³/mol. The molecule has 2 aromatic carbocycles. The molecule has 1 fully saturated rings. The monoisotopic (exact) mass is 478 g/mol. The Kier molecular flexibility index (Phi) is 6.34. The standard InChI is InChI=1S/C25H27ClN6O2/c1-15-30-31-25-21(14-23(33)28-18-9-11-27-12-10-18)29-24(16-3-5-17(26)6-4-16)20-13-19(34-2)7-8-22(20)32(15)25/h3-8,13,18,21,27H,9-12,14H2,1-2H3,(H,28,33). The number of aromatic nitrogens is 3. The second kappa shape index (κ2) is 9.56. The first kappa shape index (κ1) is 22.6. The lowest BCUT2D eigenvalue weighted by Gasteiger charge is -2.24. The molecule has 1 saturated heterocycles. The van der Waals surface area contributed by atoms with Gasteiger partial charge in [-0.05, 0) is 63.2 Å². The van der Waals surface area contributed by atoms with Crippen LogP contribution in [0, 0.1) is 6.92 Å². The van der Waals surface area contributed by atoms with Crippen molar-refractivity contribution >= 4 is 23.2 Å². The molecule has 1 aromatic heterocycles. The largest absolute Gasteiger partial charge is 0.497 e. The maximum atomic E-state index is 13.1. The van der Waals surface area contributed by atoms with Gasteiger partial charge < -0.3 is 15.4 Å². The fraction of sp³-hybridized carbons (Fsp3) is 0.360. The molecule has 0 radical (unpaired) electrons. The number of hydrogen-bond donors (Lipinski definition) is 2. The van der Waals surface area contributed by atoms with E-state index in [-0.39, 0.29) is 18.4 Å². The molecule has 3 aromatic rings. The maximum absolute atomic E-state index is 13.1. The molecule has 1 amide bonds. The van der Waals surface area contributed by atoms with E-state index in [0.717, 1.165) is 60.0 Å². The van der Waals surface area contributed by atoms with E-state index in [1.165, 1.54) is 0 Å². The van der Waals surface area contributed by atoms with Gasteiger partial charge in [-0.15, -0.1) is 10.2 Å². The molecule has 176 valence electrons. The first-order valence-electron chi connectivity index (χ1n) is 11.5. The van der Waals surface area contributed by atoms with Gasteiger partial charge in [0.1, 0.15) is 17.6 Å². The van der Waals surface area contributed by atoms with Crippen LogP contribution < -0.4 is 15.4 Å². The summed E-state index contributed by atoms with van der Waals surface area (Å²) in [7, 11) is 1.64. The van der Waals surface area contributed by atoms with Crippen LogP contribution in [0.3, 0.4) is 0 Å². The molecule has 8 nitrogen and oxygen atoms in total. The molecular formula is C25H27ClN6O2. The van der Waals surface area contributed by atoms with Crippen LogP contribution in [0.1, 0.15) is 48.1 Å².